The van der Waals surface area contributed by atoms with Gasteiger partial charge in [0.05, 0.1) is 0 Å². The van der Waals surface area contributed by atoms with Gasteiger partial charge in [-0.15, -0.1) is 0 Å². The summed E-state index contributed by atoms with van der Waals surface area (Å²) in [6, 6.07) is 0. The van der Waals surface area contributed by atoms with Crippen LogP contribution in [-0.4, -0.2) is 37.2 Å². The number of ether oxygens (including phenoxy) is 3. The van der Waals surface area contributed by atoms with Crippen LogP contribution < -0.4 is 0 Å². The number of unbranched alkanes of at least 4 members (excludes halogenated alkanes) is 10. The number of hydrogen-bond donors (Lipinski definition) is 0. The van der Waals surface area contributed by atoms with Crippen LogP contribution >= 0.6 is 0 Å². The maximum Gasteiger partial charge on any atom is 0.306 e. The standard InChI is InChI=1S/C67H102O6/c1-4-7-10-13-16-19-22-25-28-31-33-36-39-42-45-48-51-54-57-60-66(69)72-63-64(62-71-65(68)59-56-53-50-47-44-41-38-35-30-27-24-21-18-15-12-9-6-3)73-67(70)61-58-55-52-49-46-43-40-37-34-32-29-26-23-20-17-14-11-8-5-2/h7-8,10-11,16-21,25-30,33-34,36-38,41-43,45-46,51,54,64H,4-6,9,12-15,22-24,31-32,35,39-40,44,47-50,52-53,55-63H2,1-3H3/b10-7+,11-8+,19-16+,20-17+,21-18+,28-25+,29-26+,30-27+,36-33+,37-34+,41-38+,45-42+,46-43+,54-51+/t64-/m1/s1. The van der Waals surface area contributed by atoms with E-state index in [-0.39, 0.29) is 44.0 Å². The molecule has 0 unspecified atom stereocenters. The molecule has 0 rings (SSSR count). The molecule has 0 aromatic carbocycles. The second-order valence-electron chi connectivity index (χ2n) is 18.1. The average Bonchev–Trinajstić information content (AvgIpc) is 3.39. The molecule has 1 atom stereocenters. The predicted molar refractivity (Wildman–Crippen MR) is 315 cm³/mol. The Balaban J connectivity index is 4.65. The summed E-state index contributed by atoms with van der Waals surface area (Å²) in [5, 5.41) is 0. The van der Waals surface area contributed by atoms with Crippen LogP contribution in [0.25, 0.3) is 0 Å². The molecule has 6 nitrogen and oxygen atoms in total. The first-order chi connectivity index (χ1) is 36.0. The highest BCUT2D eigenvalue weighted by Crippen LogP contribution is 2.11. The Hall–Kier alpha value is -5.23. The van der Waals surface area contributed by atoms with E-state index in [1.54, 1.807) is 0 Å². The van der Waals surface area contributed by atoms with Crippen molar-refractivity contribution < 1.29 is 28.6 Å². The fraction of sp³-hybridized carbons (Fsp3) is 0.537. The van der Waals surface area contributed by atoms with Crippen molar-refractivity contribution in [1.82, 2.24) is 0 Å². The molecule has 0 saturated heterocycles. The minimum atomic E-state index is -0.846. The van der Waals surface area contributed by atoms with E-state index < -0.39 is 6.10 Å². The summed E-state index contributed by atoms with van der Waals surface area (Å²) in [6.07, 6.45) is 87.8. The van der Waals surface area contributed by atoms with E-state index >= 15 is 0 Å². The molecule has 406 valence electrons. The molecule has 0 aromatic heterocycles. The molecule has 0 aliphatic heterocycles. The van der Waals surface area contributed by atoms with Gasteiger partial charge in [-0.05, 0) is 141 Å². The molecule has 0 radical (unpaired) electrons. The van der Waals surface area contributed by atoms with Crippen molar-refractivity contribution in [2.75, 3.05) is 13.2 Å². The van der Waals surface area contributed by atoms with Gasteiger partial charge in [-0.25, -0.2) is 0 Å². The SMILES string of the molecule is CC/C=C/C/C=C/C/C=C/C/C=C/C/C=C/C/C=C/CCC(=O)OC[C@@H](COC(=O)CCCCCC/C=C/C/C=C/C/C=C/CCCCC)OC(=O)CCCCC/C=C/C/C=C/C/C=C/C/C=C/C/C=C/CC. The van der Waals surface area contributed by atoms with Crippen molar-refractivity contribution in [3.05, 3.63) is 170 Å². The van der Waals surface area contributed by atoms with E-state index in [1.807, 2.05) is 12.2 Å². The lowest BCUT2D eigenvalue weighted by Crippen LogP contribution is -2.30. The van der Waals surface area contributed by atoms with E-state index in [1.165, 1.54) is 25.7 Å². The second-order valence-corrected chi connectivity index (χ2v) is 18.1. The molecule has 0 bridgehead atoms. The third-order valence-corrected chi connectivity index (χ3v) is 11.2. The Morgan fingerprint density at radius 1 is 0.288 bits per heavy atom. The number of carbonyl (C=O) groups is 3. The van der Waals surface area contributed by atoms with Crippen molar-refractivity contribution in [1.29, 1.82) is 0 Å². The first-order valence-corrected chi connectivity index (χ1v) is 28.6. The van der Waals surface area contributed by atoms with E-state index in [0.717, 1.165) is 135 Å². The zero-order chi connectivity index (χ0) is 52.9. The van der Waals surface area contributed by atoms with Crippen LogP contribution in [-0.2, 0) is 28.6 Å². The molecule has 0 aliphatic rings. The molecule has 0 N–H and O–H groups in total. The van der Waals surface area contributed by atoms with Crippen molar-refractivity contribution in [3.63, 3.8) is 0 Å². The number of hydrogen-bond acceptors (Lipinski definition) is 6. The minimum Gasteiger partial charge on any atom is -0.462 e. The van der Waals surface area contributed by atoms with Crippen LogP contribution in [0.4, 0.5) is 0 Å². The molecule has 0 spiro atoms. The highest BCUT2D eigenvalue weighted by atomic mass is 16.6. The molecular weight excluding hydrogens is 901 g/mol. The fourth-order valence-corrected chi connectivity index (χ4v) is 6.97. The summed E-state index contributed by atoms with van der Waals surface area (Å²) in [7, 11) is 0. The van der Waals surface area contributed by atoms with Crippen LogP contribution in [0.3, 0.4) is 0 Å². The van der Waals surface area contributed by atoms with Gasteiger partial charge in [-0.3, -0.25) is 14.4 Å². The van der Waals surface area contributed by atoms with Crippen molar-refractivity contribution in [3.8, 4) is 0 Å². The lowest BCUT2D eigenvalue weighted by atomic mass is 10.1. The Morgan fingerprint density at radius 2 is 0.562 bits per heavy atom. The first-order valence-electron chi connectivity index (χ1n) is 28.6. The van der Waals surface area contributed by atoms with Crippen LogP contribution in [0.5, 0.6) is 0 Å². The molecular formula is C67H102O6. The minimum absolute atomic E-state index is 0.135. The Labute approximate surface area is 447 Å². The molecule has 73 heavy (non-hydrogen) atoms. The Morgan fingerprint density at radius 3 is 0.918 bits per heavy atom. The summed E-state index contributed by atoms with van der Waals surface area (Å²) >= 11 is 0. The van der Waals surface area contributed by atoms with Gasteiger partial charge in [0.2, 0.25) is 0 Å². The zero-order valence-electron chi connectivity index (χ0n) is 46.3. The summed E-state index contributed by atoms with van der Waals surface area (Å²) in [6.45, 7) is 6.25. The topological polar surface area (TPSA) is 78.9 Å². The maximum atomic E-state index is 12.9. The van der Waals surface area contributed by atoms with E-state index in [0.29, 0.717) is 19.3 Å². The Kier molecular flexibility index (Phi) is 55.1. The van der Waals surface area contributed by atoms with Crippen molar-refractivity contribution in [2.45, 2.75) is 219 Å². The van der Waals surface area contributed by atoms with Crippen molar-refractivity contribution in [2.24, 2.45) is 0 Å². The highest BCUT2D eigenvalue weighted by molar-refractivity contribution is 5.71. The number of carbonyl (C=O) groups excluding carboxylic acids is 3. The normalized spacial score (nSPS) is 13.4. The molecule has 6 heteroatoms. The second kappa shape index (κ2) is 59.3. The van der Waals surface area contributed by atoms with E-state index in [2.05, 4.69) is 179 Å². The van der Waals surface area contributed by atoms with Gasteiger partial charge in [0.15, 0.2) is 6.10 Å². The monoisotopic (exact) mass is 1000 g/mol. The number of esters is 3. The summed E-state index contributed by atoms with van der Waals surface area (Å²) < 4.78 is 16.7. The van der Waals surface area contributed by atoms with Crippen molar-refractivity contribution >= 4 is 17.9 Å². The van der Waals surface area contributed by atoms with Crippen LogP contribution in [0.1, 0.15) is 213 Å². The highest BCUT2D eigenvalue weighted by Gasteiger charge is 2.19. The fourth-order valence-electron chi connectivity index (χ4n) is 6.97. The molecule has 0 amide bonds. The third-order valence-electron chi connectivity index (χ3n) is 11.2. The van der Waals surface area contributed by atoms with Crippen LogP contribution in [0, 0.1) is 0 Å². The average molecular weight is 1000 g/mol. The smallest absolute Gasteiger partial charge is 0.306 e. The summed E-state index contributed by atoms with van der Waals surface area (Å²) in [4.78, 5) is 38.2. The molecule has 0 aromatic rings. The summed E-state index contributed by atoms with van der Waals surface area (Å²) in [5.74, 6) is -1.09. The molecule has 0 heterocycles. The summed E-state index contributed by atoms with van der Waals surface area (Å²) in [5.41, 5.74) is 0. The van der Waals surface area contributed by atoms with E-state index in [9.17, 15) is 14.4 Å². The van der Waals surface area contributed by atoms with Gasteiger partial charge < -0.3 is 14.2 Å². The largest absolute Gasteiger partial charge is 0.462 e. The molecule has 0 saturated carbocycles. The van der Waals surface area contributed by atoms with Gasteiger partial charge in [-0.2, -0.15) is 0 Å². The van der Waals surface area contributed by atoms with Gasteiger partial charge >= 0.3 is 17.9 Å². The van der Waals surface area contributed by atoms with E-state index in [4.69, 9.17) is 14.2 Å². The number of allylic oxidation sites excluding steroid dienone is 28. The van der Waals surface area contributed by atoms with Gasteiger partial charge in [-0.1, -0.05) is 223 Å². The third kappa shape index (κ3) is 57.5. The van der Waals surface area contributed by atoms with Crippen LogP contribution in [0.15, 0.2) is 170 Å². The quantitative estimate of drug-likeness (QED) is 0.0261. The predicted octanol–water partition coefficient (Wildman–Crippen LogP) is 19.5. The zero-order valence-corrected chi connectivity index (χ0v) is 46.3. The lowest BCUT2D eigenvalue weighted by Gasteiger charge is -2.18. The number of rotatable bonds is 49. The Bertz CT molecular complexity index is 1720. The lowest BCUT2D eigenvalue weighted by molar-refractivity contribution is -0.166. The van der Waals surface area contributed by atoms with Gasteiger partial charge in [0.25, 0.3) is 0 Å². The first kappa shape index (κ1) is 67.8. The van der Waals surface area contributed by atoms with Gasteiger partial charge in [0.1, 0.15) is 13.2 Å². The van der Waals surface area contributed by atoms with Crippen LogP contribution in [0.2, 0.25) is 0 Å². The van der Waals surface area contributed by atoms with Gasteiger partial charge in [0, 0.05) is 19.3 Å². The molecule has 0 fully saturated rings. The molecule has 0 aliphatic carbocycles. The maximum absolute atomic E-state index is 12.9.